The number of nitrogens with one attached hydrogen (secondary N) is 1. The maximum atomic E-state index is 12.2. The lowest BCUT2D eigenvalue weighted by Crippen LogP contribution is -2.30. The third-order valence-corrected chi connectivity index (χ3v) is 3.96. The molecule has 0 aromatic carbocycles. The molecule has 1 saturated carbocycles. The Morgan fingerprint density at radius 1 is 1.47 bits per heavy atom. The normalized spacial score (nSPS) is 16.5. The zero-order chi connectivity index (χ0) is 13.3. The van der Waals surface area contributed by atoms with Crippen LogP contribution in [0.3, 0.4) is 0 Å². The number of hydrogen-bond acceptors (Lipinski definition) is 3. The van der Waals surface area contributed by atoms with E-state index in [4.69, 9.17) is 11.6 Å². The van der Waals surface area contributed by atoms with Crippen LogP contribution in [0.5, 0.6) is 0 Å². The van der Waals surface area contributed by atoms with Crippen molar-refractivity contribution in [3.05, 3.63) is 30.4 Å². The second kappa shape index (κ2) is 4.81. The van der Waals surface area contributed by atoms with E-state index in [1.54, 1.807) is 29.3 Å². The molecule has 3 rings (SSSR count). The second-order valence-corrected chi connectivity index (χ2v) is 5.46. The molecule has 100 valence electrons. The number of amides is 1. The quantitative estimate of drug-likeness (QED) is 0.850. The molecule has 1 aliphatic carbocycles. The first-order valence-electron chi connectivity index (χ1n) is 6.36. The average Bonchev–Trinajstić information content (AvgIpc) is 3.05. The maximum absolute atomic E-state index is 12.2. The highest BCUT2D eigenvalue weighted by atomic mass is 35.5. The van der Waals surface area contributed by atoms with Gasteiger partial charge in [-0.3, -0.25) is 9.78 Å². The van der Waals surface area contributed by atoms with Gasteiger partial charge in [0.1, 0.15) is 0 Å². The van der Waals surface area contributed by atoms with Gasteiger partial charge in [-0.05, 0) is 24.7 Å². The summed E-state index contributed by atoms with van der Waals surface area (Å²) >= 11 is 5.78. The summed E-state index contributed by atoms with van der Waals surface area (Å²) in [6, 6.07) is 0. The van der Waals surface area contributed by atoms with Crippen molar-refractivity contribution in [3.63, 3.8) is 0 Å². The van der Waals surface area contributed by atoms with Gasteiger partial charge in [0, 0.05) is 24.8 Å². The molecule has 1 N–H and O–H groups in total. The molecule has 19 heavy (non-hydrogen) atoms. The number of nitrogens with zero attached hydrogens (tertiary/aromatic N) is 3. The van der Waals surface area contributed by atoms with E-state index in [9.17, 15) is 4.79 Å². The number of carbonyl (C=O) groups excluding carboxylic acids is 1. The van der Waals surface area contributed by atoms with Crippen LogP contribution in [0.15, 0.2) is 24.8 Å². The molecule has 2 aromatic heterocycles. The minimum absolute atomic E-state index is 0.0937. The topological polar surface area (TPSA) is 59.3 Å². The van der Waals surface area contributed by atoms with Gasteiger partial charge in [0.15, 0.2) is 0 Å². The Bertz CT molecular complexity index is 605. The minimum Gasteiger partial charge on any atom is -0.351 e. The standard InChI is InChI=1S/C13H15ClN4O/c14-4-3-13(1-2-13)9-16-12(19)10-7-17-18-6-5-15-8-11(10)18/h5-8H,1-4,9H2,(H,16,19). The van der Waals surface area contributed by atoms with Crippen LogP contribution < -0.4 is 5.32 Å². The first-order chi connectivity index (χ1) is 9.24. The van der Waals surface area contributed by atoms with E-state index in [1.807, 2.05) is 0 Å². The van der Waals surface area contributed by atoms with Crippen LogP contribution in [0.2, 0.25) is 0 Å². The highest BCUT2D eigenvalue weighted by Gasteiger charge is 2.41. The Balaban J connectivity index is 1.71. The first kappa shape index (κ1) is 12.4. The van der Waals surface area contributed by atoms with Crippen molar-refractivity contribution in [2.75, 3.05) is 12.4 Å². The van der Waals surface area contributed by atoms with Gasteiger partial charge in [0.05, 0.1) is 23.5 Å². The molecule has 1 fully saturated rings. The summed E-state index contributed by atoms with van der Waals surface area (Å²) in [7, 11) is 0. The molecule has 0 bridgehead atoms. The first-order valence-corrected chi connectivity index (χ1v) is 6.89. The third-order valence-electron chi connectivity index (χ3n) is 3.78. The van der Waals surface area contributed by atoms with Crippen molar-refractivity contribution in [3.8, 4) is 0 Å². The number of aromatic nitrogens is 3. The van der Waals surface area contributed by atoms with Gasteiger partial charge < -0.3 is 5.32 Å². The molecule has 0 aliphatic heterocycles. The lowest BCUT2D eigenvalue weighted by molar-refractivity contribution is 0.0946. The monoisotopic (exact) mass is 278 g/mol. The zero-order valence-electron chi connectivity index (χ0n) is 10.5. The van der Waals surface area contributed by atoms with Gasteiger partial charge in [0.2, 0.25) is 0 Å². The van der Waals surface area contributed by atoms with Crippen LogP contribution in [0.1, 0.15) is 29.6 Å². The number of halogens is 1. The summed E-state index contributed by atoms with van der Waals surface area (Å²) in [5, 5.41) is 7.12. The van der Waals surface area contributed by atoms with Gasteiger partial charge >= 0.3 is 0 Å². The molecular formula is C13H15ClN4O. The number of fused-ring (bicyclic) bond motifs is 1. The Kier molecular flexibility index (Phi) is 3.14. The van der Waals surface area contributed by atoms with E-state index < -0.39 is 0 Å². The average molecular weight is 279 g/mol. The van der Waals surface area contributed by atoms with Crippen molar-refractivity contribution >= 4 is 23.0 Å². The highest BCUT2D eigenvalue weighted by Crippen LogP contribution is 2.48. The smallest absolute Gasteiger partial charge is 0.255 e. The summed E-state index contributed by atoms with van der Waals surface area (Å²) in [5.41, 5.74) is 1.52. The van der Waals surface area contributed by atoms with E-state index >= 15 is 0 Å². The molecular weight excluding hydrogens is 264 g/mol. The zero-order valence-corrected chi connectivity index (χ0v) is 11.2. The van der Waals surface area contributed by atoms with Crippen molar-refractivity contribution in [1.82, 2.24) is 19.9 Å². The van der Waals surface area contributed by atoms with Crippen molar-refractivity contribution in [1.29, 1.82) is 0 Å². The molecule has 0 saturated heterocycles. The summed E-state index contributed by atoms with van der Waals surface area (Å²) in [4.78, 5) is 16.2. The molecule has 0 unspecified atom stereocenters. The van der Waals surface area contributed by atoms with Crippen LogP contribution >= 0.6 is 11.6 Å². The summed E-state index contributed by atoms with van der Waals surface area (Å²) in [5.74, 6) is 0.556. The van der Waals surface area contributed by atoms with E-state index in [1.165, 1.54) is 0 Å². The Labute approximate surface area is 116 Å². The van der Waals surface area contributed by atoms with Crippen molar-refractivity contribution in [2.24, 2.45) is 5.41 Å². The predicted octanol–water partition coefficient (Wildman–Crippen LogP) is 1.87. The lowest BCUT2D eigenvalue weighted by Gasteiger charge is -2.13. The summed E-state index contributed by atoms with van der Waals surface area (Å²) in [6.07, 6.45) is 9.85. The van der Waals surface area contributed by atoms with Gasteiger partial charge in [-0.1, -0.05) is 0 Å². The van der Waals surface area contributed by atoms with Crippen LogP contribution in [-0.4, -0.2) is 32.9 Å². The molecule has 1 aliphatic rings. The molecule has 2 aromatic rings. The SMILES string of the molecule is O=C(NCC1(CCCl)CC1)c1cnn2ccncc12. The van der Waals surface area contributed by atoms with Crippen LogP contribution in [0.4, 0.5) is 0 Å². The molecule has 1 amide bonds. The third kappa shape index (κ3) is 2.42. The fraction of sp³-hybridized carbons (Fsp3) is 0.462. The van der Waals surface area contributed by atoms with Crippen LogP contribution in [-0.2, 0) is 0 Å². The largest absolute Gasteiger partial charge is 0.351 e. The predicted molar refractivity (Wildman–Crippen MR) is 72.3 cm³/mol. The fourth-order valence-electron chi connectivity index (χ4n) is 2.26. The number of carbonyl (C=O) groups is 1. The van der Waals surface area contributed by atoms with E-state index in [0.29, 0.717) is 18.0 Å². The minimum atomic E-state index is -0.0937. The molecule has 0 radical (unpaired) electrons. The Morgan fingerprint density at radius 3 is 3.05 bits per heavy atom. The van der Waals surface area contributed by atoms with Gasteiger partial charge in [-0.25, -0.2) is 4.52 Å². The lowest BCUT2D eigenvalue weighted by atomic mass is 10.0. The maximum Gasteiger partial charge on any atom is 0.255 e. The highest BCUT2D eigenvalue weighted by molar-refractivity contribution is 6.17. The fourth-order valence-corrected chi connectivity index (χ4v) is 2.67. The van der Waals surface area contributed by atoms with Crippen molar-refractivity contribution < 1.29 is 4.79 Å². The van der Waals surface area contributed by atoms with Crippen LogP contribution in [0.25, 0.3) is 5.52 Å². The number of rotatable bonds is 5. The van der Waals surface area contributed by atoms with Gasteiger partial charge in [-0.2, -0.15) is 5.10 Å². The van der Waals surface area contributed by atoms with Crippen LogP contribution in [0, 0.1) is 5.41 Å². The molecule has 0 atom stereocenters. The van der Waals surface area contributed by atoms with E-state index in [0.717, 1.165) is 24.8 Å². The van der Waals surface area contributed by atoms with E-state index in [2.05, 4.69) is 15.4 Å². The van der Waals surface area contributed by atoms with Gasteiger partial charge in [-0.15, -0.1) is 11.6 Å². The molecule has 0 spiro atoms. The van der Waals surface area contributed by atoms with Crippen molar-refractivity contribution in [2.45, 2.75) is 19.3 Å². The molecule has 2 heterocycles. The van der Waals surface area contributed by atoms with Gasteiger partial charge in [0.25, 0.3) is 5.91 Å². The van der Waals surface area contributed by atoms with E-state index in [-0.39, 0.29) is 11.3 Å². The number of hydrogen-bond donors (Lipinski definition) is 1. The summed E-state index contributed by atoms with van der Waals surface area (Å²) < 4.78 is 1.65. The molecule has 6 heteroatoms. The molecule has 5 nitrogen and oxygen atoms in total. The second-order valence-electron chi connectivity index (χ2n) is 5.09. The Hall–Kier alpha value is -1.62. The Morgan fingerprint density at radius 2 is 2.32 bits per heavy atom. The number of alkyl halides is 1. The summed E-state index contributed by atoms with van der Waals surface area (Å²) in [6.45, 7) is 0.691.